The fraction of sp³-hybridized carbons (Fsp3) is 0.292. The van der Waals surface area contributed by atoms with Crippen LogP contribution in [0, 0.1) is 5.92 Å². The number of hydrogen-bond donors (Lipinski definition) is 0. The molecule has 1 aliphatic rings. The lowest BCUT2D eigenvalue weighted by atomic mass is 10.1. The van der Waals surface area contributed by atoms with Crippen LogP contribution in [0.1, 0.15) is 24.2 Å². The van der Waals surface area contributed by atoms with E-state index < -0.39 is 0 Å². The van der Waals surface area contributed by atoms with Gasteiger partial charge in [-0.05, 0) is 12.1 Å². The molecule has 3 aromatic rings. The normalized spacial score (nSPS) is 14.2. The van der Waals surface area contributed by atoms with Gasteiger partial charge in [-0.3, -0.25) is 9.59 Å². The molecule has 1 fully saturated rings. The smallest absolute Gasteiger partial charge is 0.257 e. The summed E-state index contributed by atoms with van der Waals surface area (Å²) < 4.78 is 1.76. The summed E-state index contributed by atoms with van der Waals surface area (Å²) in [6, 6.07) is 19.6. The van der Waals surface area contributed by atoms with E-state index >= 15 is 0 Å². The molecule has 2 heterocycles. The van der Waals surface area contributed by atoms with E-state index in [1.165, 1.54) is 0 Å². The zero-order valence-electron chi connectivity index (χ0n) is 17.4. The van der Waals surface area contributed by atoms with E-state index in [-0.39, 0.29) is 17.7 Å². The Morgan fingerprint density at radius 2 is 1.40 bits per heavy atom. The van der Waals surface area contributed by atoms with Crippen molar-refractivity contribution in [1.29, 1.82) is 0 Å². The predicted octanol–water partition coefficient (Wildman–Crippen LogP) is 3.48. The Bertz CT molecular complexity index is 1020. The van der Waals surface area contributed by atoms with Gasteiger partial charge in [0.25, 0.3) is 5.91 Å². The van der Waals surface area contributed by atoms with Gasteiger partial charge in [0.15, 0.2) is 0 Å². The molecule has 0 radical (unpaired) electrons. The van der Waals surface area contributed by atoms with Crippen molar-refractivity contribution >= 4 is 11.8 Å². The molecule has 0 unspecified atom stereocenters. The van der Waals surface area contributed by atoms with Gasteiger partial charge in [0, 0.05) is 43.9 Å². The summed E-state index contributed by atoms with van der Waals surface area (Å²) in [5.41, 5.74) is 3.06. The average Bonchev–Trinajstić information content (AvgIpc) is 3.25. The van der Waals surface area contributed by atoms with Gasteiger partial charge in [0.05, 0.1) is 11.3 Å². The van der Waals surface area contributed by atoms with Gasteiger partial charge < -0.3 is 9.80 Å². The van der Waals surface area contributed by atoms with Crippen molar-refractivity contribution in [1.82, 2.24) is 19.6 Å². The quantitative estimate of drug-likeness (QED) is 0.671. The van der Waals surface area contributed by atoms with Gasteiger partial charge in [-0.25, -0.2) is 4.68 Å². The number of rotatable bonds is 4. The summed E-state index contributed by atoms with van der Waals surface area (Å²) in [4.78, 5) is 29.3. The van der Waals surface area contributed by atoms with Crippen LogP contribution in [0.5, 0.6) is 0 Å². The fourth-order valence-corrected chi connectivity index (χ4v) is 3.72. The number of carbonyl (C=O) groups excluding carboxylic acids is 2. The van der Waals surface area contributed by atoms with E-state index in [2.05, 4.69) is 0 Å². The molecule has 1 saturated heterocycles. The number of carbonyl (C=O) groups is 2. The lowest BCUT2D eigenvalue weighted by Crippen LogP contribution is -2.51. The Balaban J connectivity index is 1.62. The lowest BCUT2D eigenvalue weighted by Gasteiger charge is -2.35. The van der Waals surface area contributed by atoms with Crippen molar-refractivity contribution < 1.29 is 9.59 Å². The molecule has 0 spiro atoms. The minimum Gasteiger partial charge on any atom is -0.339 e. The summed E-state index contributed by atoms with van der Waals surface area (Å²) in [6.45, 7) is 6.00. The molecular formula is C24H26N4O2. The van der Waals surface area contributed by atoms with E-state index in [0.717, 1.165) is 11.3 Å². The Labute approximate surface area is 176 Å². The Hall–Kier alpha value is -3.41. The highest BCUT2D eigenvalue weighted by Crippen LogP contribution is 2.25. The summed E-state index contributed by atoms with van der Waals surface area (Å²) in [6.07, 6.45) is 1.81. The van der Waals surface area contributed by atoms with E-state index in [4.69, 9.17) is 5.10 Å². The van der Waals surface area contributed by atoms with Crippen LogP contribution in [0.15, 0.2) is 66.9 Å². The van der Waals surface area contributed by atoms with Gasteiger partial charge in [0.1, 0.15) is 5.69 Å². The Kier molecular flexibility index (Phi) is 5.65. The van der Waals surface area contributed by atoms with E-state index in [1.807, 2.05) is 90.5 Å². The maximum absolute atomic E-state index is 13.4. The Morgan fingerprint density at radius 1 is 0.833 bits per heavy atom. The molecule has 2 amide bonds. The molecular weight excluding hydrogens is 376 g/mol. The molecule has 0 saturated carbocycles. The molecule has 0 bridgehead atoms. The third kappa shape index (κ3) is 3.99. The first-order valence-electron chi connectivity index (χ1n) is 10.3. The summed E-state index contributed by atoms with van der Waals surface area (Å²) in [7, 11) is 0. The van der Waals surface area contributed by atoms with Crippen molar-refractivity contribution in [3.63, 3.8) is 0 Å². The molecule has 6 heteroatoms. The molecule has 1 aromatic heterocycles. The highest BCUT2D eigenvalue weighted by Gasteiger charge is 2.28. The van der Waals surface area contributed by atoms with Crippen molar-refractivity contribution in [2.75, 3.05) is 26.2 Å². The van der Waals surface area contributed by atoms with Crippen LogP contribution in [-0.2, 0) is 4.79 Å². The number of para-hydroxylation sites is 1. The zero-order chi connectivity index (χ0) is 21.1. The Morgan fingerprint density at radius 3 is 2.00 bits per heavy atom. The summed E-state index contributed by atoms with van der Waals surface area (Å²) in [5.74, 6) is 0.0673. The van der Waals surface area contributed by atoms with Crippen LogP contribution in [0.4, 0.5) is 0 Å². The van der Waals surface area contributed by atoms with Crippen LogP contribution in [0.3, 0.4) is 0 Å². The SMILES string of the molecule is CC(C)C(=O)N1CCN(C(=O)c2cn(-c3ccccc3)nc2-c2ccccc2)CC1. The minimum absolute atomic E-state index is 0.0268. The predicted molar refractivity (Wildman–Crippen MR) is 116 cm³/mol. The number of hydrogen-bond acceptors (Lipinski definition) is 3. The molecule has 154 valence electrons. The molecule has 0 atom stereocenters. The average molecular weight is 402 g/mol. The van der Waals surface area contributed by atoms with Crippen molar-refractivity contribution in [3.05, 3.63) is 72.4 Å². The molecule has 4 rings (SSSR count). The van der Waals surface area contributed by atoms with Crippen LogP contribution in [0.2, 0.25) is 0 Å². The summed E-state index contributed by atoms with van der Waals surface area (Å²) in [5, 5.41) is 4.74. The van der Waals surface area contributed by atoms with Crippen molar-refractivity contribution in [2.45, 2.75) is 13.8 Å². The molecule has 0 aliphatic carbocycles. The van der Waals surface area contributed by atoms with Gasteiger partial charge >= 0.3 is 0 Å². The highest BCUT2D eigenvalue weighted by molar-refractivity contribution is 6.00. The number of piperazine rings is 1. The first-order valence-corrected chi connectivity index (χ1v) is 10.3. The molecule has 6 nitrogen and oxygen atoms in total. The van der Waals surface area contributed by atoms with Gasteiger partial charge in [-0.2, -0.15) is 5.10 Å². The maximum atomic E-state index is 13.4. The molecule has 30 heavy (non-hydrogen) atoms. The van der Waals surface area contributed by atoms with Gasteiger partial charge in [-0.15, -0.1) is 0 Å². The maximum Gasteiger partial charge on any atom is 0.257 e. The fourth-order valence-electron chi connectivity index (χ4n) is 3.72. The molecule has 2 aromatic carbocycles. The number of amides is 2. The second kappa shape index (κ2) is 8.53. The van der Waals surface area contributed by atoms with E-state index in [0.29, 0.717) is 37.4 Å². The highest BCUT2D eigenvalue weighted by atomic mass is 16.2. The molecule has 1 aliphatic heterocycles. The number of aromatic nitrogens is 2. The van der Waals surface area contributed by atoms with Crippen molar-refractivity contribution in [2.24, 2.45) is 5.92 Å². The zero-order valence-corrected chi connectivity index (χ0v) is 17.4. The van der Waals surface area contributed by atoms with Crippen LogP contribution < -0.4 is 0 Å². The standard InChI is InChI=1S/C24H26N4O2/c1-18(2)23(29)26-13-15-27(16-14-26)24(30)21-17-28(20-11-7-4-8-12-20)25-22(21)19-9-5-3-6-10-19/h3-12,17-18H,13-16H2,1-2H3. The number of benzene rings is 2. The van der Waals surface area contributed by atoms with Crippen LogP contribution >= 0.6 is 0 Å². The monoisotopic (exact) mass is 402 g/mol. The van der Waals surface area contributed by atoms with E-state index in [9.17, 15) is 9.59 Å². The third-order valence-electron chi connectivity index (χ3n) is 5.39. The lowest BCUT2D eigenvalue weighted by molar-refractivity contribution is -0.135. The second-order valence-corrected chi connectivity index (χ2v) is 7.81. The first-order chi connectivity index (χ1) is 14.5. The largest absolute Gasteiger partial charge is 0.339 e. The third-order valence-corrected chi connectivity index (χ3v) is 5.39. The first kappa shape index (κ1) is 19.9. The van der Waals surface area contributed by atoms with Gasteiger partial charge in [0.2, 0.25) is 5.91 Å². The van der Waals surface area contributed by atoms with Gasteiger partial charge in [-0.1, -0.05) is 62.4 Å². The van der Waals surface area contributed by atoms with Crippen LogP contribution in [-0.4, -0.2) is 57.6 Å². The minimum atomic E-state index is -0.0484. The summed E-state index contributed by atoms with van der Waals surface area (Å²) >= 11 is 0. The second-order valence-electron chi connectivity index (χ2n) is 7.81. The number of nitrogens with zero attached hydrogens (tertiary/aromatic N) is 4. The molecule has 0 N–H and O–H groups in total. The van der Waals surface area contributed by atoms with E-state index in [1.54, 1.807) is 4.68 Å². The van der Waals surface area contributed by atoms with Crippen LogP contribution in [0.25, 0.3) is 16.9 Å². The van der Waals surface area contributed by atoms with Crippen molar-refractivity contribution in [3.8, 4) is 16.9 Å². The topological polar surface area (TPSA) is 58.4 Å².